The van der Waals surface area contributed by atoms with Gasteiger partial charge in [0.1, 0.15) is 0 Å². The van der Waals surface area contributed by atoms with Gasteiger partial charge in [-0.05, 0) is 30.9 Å². The summed E-state index contributed by atoms with van der Waals surface area (Å²) in [5.41, 5.74) is 1.28. The zero-order valence-electron chi connectivity index (χ0n) is 6.23. The van der Waals surface area contributed by atoms with Crippen LogP contribution in [0.25, 0.3) is 0 Å². The molecule has 0 aromatic carbocycles. The molecule has 0 N–H and O–H groups in total. The Morgan fingerprint density at radius 1 is 1.80 bits per heavy atom. The van der Waals surface area contributed by atoms with Crippen LogP contribution in [0.2, 0.25) is 0 Å². The largest absolute Gasteiger partial charge is 0.281 e. The van der Waals surface area contributed by atoms with Crippen molar-refractivity contribution >= 4 is 16.8 Å². The summed E-state index contributed by atoms with van der Waals surface area (Å²) in [6.07, 6.45) is 2.97. The lowest BCUT2D eigenvalue weighted by Crippen LogP contribution is -2.11. The number of hydrogen-bond acceptors (Lipinski definition) is 1. The van der Waals surface area contributed by atoms with Crippen LogP contribution >= 0.6 is 11.6 Å². The highest BCUT2D eigenvalue weighted by molar-refractivity contribution is 6.64. The molecule has 56 valence electrons. The van der Waals surface area contributed by atoms with Crippen LogP contribution in [0.1, 0.15) is 20.3 Å². The van der Waals surface area contributed by atoms with Crippen molar-refractivity contribution in [3.05, 3.63) is 11.6 Å². The maximum absolute atomic E-state index is 10.7. The van der Waals surface area contributed by atoms with Crippen LogP contribution in [0, 0.1) is 11.8 Å². The number of carbonyl (C=O) groups excluding carboxylic acids is 1. The molecular formula is C8H11ClO. The lowest BCUT2D eigenvalue weighted by atomic mass is 9.99. The van der Waals surface area contributed by atoms with Gasteiger partial charge in [-0.3, -0.25) is 4.79 Å². The molecule has 1 nitrogen and oxygen atoms in total. The average molecular weight is 159 g/mol. The molecule has 0 amide bonds. The monoisotopic (exact) mass is 158 g/mol. The van der Waals surface area contributed by atoms with Gasteiger partial charge < -0.3 is 0 Å². The summed E-state index contributed by atoms with van der Waals surface area (Å²) in [4.78, 5) is 10.7. The Kier molecular flexibility index (Phi) is 2.14. The normalized spacial score (nSPS) is 32.1. The topological polar surface area (TPSA) is 17.1 Å². The fraction of sp³-hybridized carbons (Fsp3) is 0.625. The van der Waals surface area contributed by atoms with E-state index < -0.39 is 0 Å². The van der Waals surface area contributed by atoms with Gasteiger partial charge in [-0.15, -0.1) is 0 Å². The van der Waals surface area contributed by atoms with Gasteiger partial charge in [0.2, 0.25) is 5.24 Å². The van der Waals surface area contributed by atoms with Crippen molar-refractivity contribution in [2.24, 2.45) is 11.8 Å². The third kappa shape index (κ3) is 1.40. The van der Waals surface area contributed by atoms with Gasteiger partial charge in [0, 0.05) is 5.92 Å². The summed E-state index contributed by atoms with van der Waals surface area (Å²) in [5.74, 6) is 0.381. The van der Waals surface area contributed by atoms with Crippen LogP contribution in [0.5, 0.6) is 0 Å². The molecule has 0 bridgehead atoms. The summed E-state index contributed by atoms with van der Waals surface area (Å²) in [6.45, 7) is 4.07. The molecule has 0 spiro atoms. The molecule has 0 aromatic heterocycles. The molecule has 1 aliphatic rings. The number of rotatable bonds is 1. The molecule has 1 aliphatic carbocycles. The van der Waals surface area contributed by atoms with Gasteiger partial charge in [-0.2, -0.15) is 0 Å². The van der Waals surface area contributed by atoms with E-state index in [9.17, 15) is 4.79 Å². The summed E-state index contributed by atoms with van der Waals surface area (Å²) in [6, 6.07) is 0. The lowest BCUT2D eigenvalue weighted by Gasteiger charge is -2.07. The number of halogens is 1. The molecule has 2 atom stereocenters. The van der Waals surface area contributed by atoms with E-state index in [1.54, 1.807) is 0 Å². The minimum absolute atomic E-state index is 0.0432. The van der Waals surface area contributed by atoms with E-state index in [2.05, 4.69) is 6.08 Å². The van der Waals surface area contributed by atoms with Gasteiger partial charge in [0.15, 0.2) is 0 Å². The molecule has 0 saturated heterocycles. The van der Waals surface area contributed by atoms with Crippen LogP contribution in [-0.4, -0.2) is 5.24 Å². The van der Waals surface area contributed by atoms with Crippen molar-refractivity contribution in [1.29, 1.82) is 0 Å². The second-order valence-electron chi connectivity index (χ2n) is 2.99. The predicted octanol–water partition coefficient (Wildman–Crippen LogP) is 2.35. The minimum Gasteiger partial charge on any atom is -0.281 e. The highest BCUT2D eigenvalue weighted by Crippen LogP contribution is 2.31. The summed E-state index contributed by atoms with van der Waals surface area (Å²) in [7, 11) is 0. The van der Waals surface area contributed by atoms with Crippen LogP contribution in [0.4, 0.5) is 0 Å². The van der Waals surface area contributed by atoms with Crippen molar-refractivity contribution in [2.45, 2.75) is 20.3 Å². The predicted molar refractivity (Wildman–Crippen MR) is 41.9 cm³/mol. The van der Waals surface area contributed by atoms with E-state index in [1.807, 2.05) is 13.8 Å². The second kappa shape index (κ2) is 2.75. The van der Waals surface area contributed by atoms with Gasteiger partial charge in [0.05, 0.1) is 0 Å². The number of carbonyl (C=O) groups is 1. The fourth-order valence-electron chi connectivity index (χ4n) is 1.45. The van der Waals surface area contributed by atoms with Crippen molar-refractivity contribution in [2.75, 3.05) is 0 Å². The van der Waals surface area contributed by atoms with Crippen molar-refractivity contribution < 1.29 is 4.79 Å². The van der Waals surface area contributed by atoms with Gasteiger partial charge >= 0.3 is 0 Å². The Hall–Kier alpha value is -0.300. The molecule has 1 rings (SSSR count). The average Bonchev–Trinajstić information content (AvgIpc) is 2.10. The Labute approximate surface area is 66.1 Å². The molecule has 0 aliphatic heterocycles. The third-order valence-electron chi connectivity index (χ3n) is 2.02. The van der Waals surface area contributed by atoms with E-state index in [0.29, 0.717) is 5.92 Å². The van der Waals surface area contributed by atoms with E-state index in [4.69, 9.17) is 11.6 Å². The molecule has 0 fully saturated rings. The third-order valence-corrected chi connectivity index (χ3v) is 2.30. The van der Waals surface area contributed by atoms with Gasteiger partial charge in [-0.1, -0.05) is 18.6 Å². The Balaban J connectivity index is 2.63. The first-order valence-electron chi connectivity index (χ1n) is 3.48. The lowest BCUT2D eigenvalue weighted by molar-refractivity contribution is -0.115. The van der Waals surface area contributed by atoms with Gasteiger partial charge in [0.25, 0.3) is 0 Å². The summed E-state index contributed by atoms with van der Waals surface area (Å²) >= 11 is 5.37. The second-order valence-corrected chi connectivity index (χ2v) is 3.36. The summed E-state index contributed by atoms with van der Waals surface area (Å²) < 4.78 is 0. The minimum atomic E-state index is -0.194. The first-order chi connectivity index (χ1) is 4.61. The smallest absolute Gasteiger partial charge is 0.225 e. The number of allylic oxidation sites excluding steroid dienone is 2. The molecule has 0 radical (unpaired) electrons. The SMILES string of the molecule is CC1=CC(C)C(C(=O)Cl)C1. The summed E-state index contributed by atoms with van der Waals surface area (Å²) in [5, 5.41) is -0.194. The van der Waals surface area contributed by atoms with E-state index in [0.717, 1.165) is 6.42 Å². The maximum atomic E-state index is 10.7. The van der Waals surface area contributed by atoms with E-state index >= 15 is 0 Å². The molecule has 0 aromatic rings. The zero-order valence-corrected chi connectivity index (χ0v) is 6.98. The molecule has 0 saturated carbocycles. The Morgan fingerprint density at radius 2 is 2.40 bits per heavy atom. The first-order valence-corrected chi connectivity index (χ1v) is 3.85. The highest BCUT2D eigenvalue weighted by atomic mass is 35.5. The molecule has 2 unspecified atom stereocenters. The van der Waals surface area contributed by atoms with Gasteiger partial charge in [-0.25, -0.2) is 0 Å². The van der Waals surface area contributed by atoms with Crippen LogP contribution in [-0.2, 0) is 4.79 Å². The molecule has 2 heteroatoms. The fourth-order valence-corrected chi connectivity index (χ4v) is 1.73. The number of hydrogen-bond donors (Lipinski definition) is 0. The maximum Gasteiger partial charge on any atom is 0.225 e. The van der Waals surface area contributed by atoms with Crippen LogP contribution < -0.4 is 0 Å². The van der Waals surface area contributed by atoms with Crippen LogP contribution in [0.3, 0.4) is 0 Å². The van der Waals surface area contributed by atoms with Crippen molar-refractivity contribution in [3.8, 4) is 0 Å². The van der Waals surface area contributed by atoms with Crippen molar-refractivity contribution in [1.82, 2.24) is 0 Å². The molecular weight excluding hydrogens is 148 g/mol. The van der Waals surface area contributed by atoms with E-state index in [1.165, 1.54) is 5.57 Å². The Bertz CT molecular complexity index is 184. The Morgan fingerprint density at radius 3 is 2.60 bits per heavy atom. The molecule has 0 heterocycles. The van der Waals surface area contributed by atoms with Crippen LogP contribution in [0.15, 0.2) is 11.6 Å². The standard InChI is InChI=1S/C8H11ClO/c1-5-3-6(2)7(4-5)8(9)10/h3,6-7H,4H2,1-2H3. The quantitative estimate of drug-likeness (QED) is 0.423. The highest BCUT2D eigenvalue weighted by Gasteiger charge is 2.26. The van der Waals surface area contributed by atoms with E-state index in [-0.39, 0.29) is 11.2 Å². The van der Waals surface area contributed by atoms with Crippen molar-refractivity contribution in [3.63, 3.8) is 0 Å². The zero-order chi connectivity index (χ0) is 7.72. The first kappa shape index (κ1) is 7.80. The molecule has 10 heavy (non-hydrogen) atoms.